The van der Waals surface area contributed by atoms with Crippen molar-refractivity contribution >= 4 is 71.1 Å². The molecular weight excluding hydrogens is 1240 g/mol. The molecular formula is C59H92N22O14. The zero-order chi connectivity index (χ0) is 69.7. The number of aromatic nitrogens is 6. The van der Waals surface area contributed by atoms with Crippen LogP contribution in [0.3, 0.4) is 0 Å². The van der Waals surface area contributed by atoms with Crippen LogP contribution in [0, 0.1) is 0 Å². The maximum Gasteiger partial charge on any atom is 0.328 e. The average Bonchev–Trinajstić information content (AvgIpc) is 1.36. The van der Waals surface area contributed by atoms with Crippen LogP contribution in [0.4, 0.5) is 0 Å². The molecule has 4 rings (SSSR count). The number of carboxylic acid groups (broad SMARTS) is 2. The molecule has 3 aromatic heterocycles. The molecule has 0 spiro atoms. The first-order chi connectivity index (χ1) is 45.5. The number of H-pyrrole nitrogens is 3. The number of carbonyl (C=O) groups excluding carboxylic acids is 9. The number of aliphatic carboxylic acids is 2. The van der Waals surface area contributed by atoms with E-state index in [-0.39, 0.29) is 89.8 Å². The van der Waals surface area contributed by atoms with E-state index in [1.165, 1.54) is 37.6 Å². The molecule has 0 radical (unpaired) electrons. The van der Waals surface area contributed by atoms with Gasteiger partial charge in [-0.3, -0.25) is 52.9 Å². The van der Waals surface area contributed by atoms with Crippen molar-refractivity contribution in [1.29, 1.82) is 0 Å². The van der Waals surface area contributed by atoms with E-state index in [1.54, 1.807) is 30.3 Å². The molecule has 10 atom stereocenters. The predicted molar refractivity (Wildman–Crippen MR) is 343 cm³/mol. The van der Waals surface area contributed by atoms with Crippen LogP contribution in [0.5, 0.6) is 0 Å². The summed E-state index contributed by atoms with van der Waals surface area (Å²) in [4.78, 5) is 177. The Kier molecular flexibility index (Phi) is 34.6. The highest BCUT2D eigenvalue weighted by atomic mass is 16.4. The van der Waals surface area contributed by atoms with Gasteiger partial charge in [-0.15, -0.1) is 0 Å². The summed E-state index contributed by atoms with van der Waals surface area (Å²) in [6, 6.07) is -6.20. The van der Waals surface area contributed by atoms with Gasteiger partial charge in [-0.1, -0.05) is 36.8 Å². The van der Waals surface area contributed by atoms with Gasteiger partial charge in [-0.2, -0.15) is 0 Å². The van der Waals surface area contributed by atoms with E-state index in [9.17, 15) is 68.1 Å². The number of benzene rings is 1. The van der Waals surface area contributed by atoms with Crippen LogP contribution in [-0.2, 0) is 78.4 Å². The van der Waals surface area contributed by atoms with Gasteiger partial charge in [0.05, 0.1) is 31.6 Å². The standard InChI is InChI=1S/C59H92N22O14/c60-19-7-4-13-38(63)49(85)73-41(16-10-22-69-59(64)65)50(86)74-39(14-5-8-20-61)51(87)77-43(23-34-11-2-1-3-12-34)54(90)79-44(24-35-27-66-31-70-35)55(91)76-42(17-18-48(83)84)53(89)75-40(15-6-9-21-62)52(88)78-45(25-36-28-67-32-71-36)56(92)80-46(26-37-29-68-33-72-37)57(93)81-47(30-82)58(94)95/h1-3,11-12,27-29,31-33,38-47,82H,4-10,13-26,30,60-63H2,(H,66,70)(H,67,71)(H,68,72)(H,73,85)(H,74,86)(H,75,89)(H,76,91)(H,77,87)(H,78,88)(H,79,90)(H,80,92)(H,81,93)(H,83,84)(H,94,95)(H4,64,65,69)/t38-,39-,40-,41-,42-,43-,44-,45-,46-,47-/m0/s1. The Morgan fingerprint density at radius 1 is 0.432 bits per heavy atom. The Hall–Kier alpha value is -9.91. The molecule has 9 amide bonds. The summed E-state index contributed by atoms with van der Waals surface area (Å²) in [7, 11) is 0. The number of aliphatic imine (C=N–C) groups is 1. The number of guanidine groups is 1. The van der Waals surface area contributed by atoms with Crippen molar-refractivity contribution in [3.05, 3.63) is 90.5 Å². The third-order valence-electron chi connectivity index (χ3n) is 14.9. The summed E-state index contributed by atoms with van der Waals surface area (Å²) in [5, 5.41) is 52.3. The molecule has 4 aromatic rings. The van der Waals surface area contributed by atoms with Gasteiger partial charge in [-0.05, 0) is 95.8 Å². The highest BCUT2D eigenvalue weighted by Crippen LogP contribution is 2.13. The predicted octanol–water partition coefficient (Wildman–Crippen LogP) is -5.80. The molecule has 36 nitrogen and oxygen atoms in total. The number of aliphatic hydroxyl groups excluding tert-OH is 1. The lowest BCUT2D eigenvalue weighted by Crippen LogP contribution is -2.61. The van der Waals surface area contributed by atoms with Crippen molar-refractivity contribution < 1.29 is 68.1 Å². The molecule has 27 N–H and O–H groups in total. The zero-order valence-electron chi connectivity index (χ0n) is 52.8. The third-order valence-corrected chi connectivity index (χ3v) is 14.9. The molecule has 0 saturated heterocycles. The number of nitrogens with two attached hydrogens (primary N) is 6. The second-order valence-corrected chi connectivity index (χ2v) is 22.4. The quantitative estimate of drug-likeness (QED) is 0.0111. The zero-order valence-corrected chi connectivity index (χ0v) is 52.8. The van der Waals surface area contributed by atoms with Crippen LogP contribution in [0.15, 0.2) is 72.9 Å². The van der Waals surface area contributed by atoms with Gasteiger partial charge >= 0.3 is 11.9 Å². The molecule has 0 saturated carbocycles. The Bertz CT molecular complexity index is 3060. The van der Waals surface area contributed by atoms with Gasteiger partial charge in [0.25, 0.3) is 0 Å². The van der Waals surface area contributed by atoms with Gasteiger partial charge in [0.1, 0.15) is 54.4 Å². The number of imidazole rings is 3. The highest BCUT2D eigenvalue weighted by molar-refractivity contribution is 5.99. The van der Waals surface area contributed by atoms with Gasteiger partial charge in [0, 0.05) is 74.3 Å². The number of unbranched alkanes of at least 4 members (excludes halogenated alkanes) is 3. The van der Waals surface area contributed by atoms with Gasteiger partial charge in [0.15, 0.2) is 5.96 Å². The van der Waals surface area contributed by atoms with Crippen molar-refractivity contribution in [2.45, 2.75) is 170 Å². The Labute approximate surface area is 547 Å². The molecule has 36 heteroatoms. The number of carbonyl (C=O) groups is 11. The molecule has 0 unspecified atom stereocenters. The normalized spacial score (nSPS) is 14.2. The number of amides is 9. The highest BCUT2D eigenvalue weighted by Gasteiger charge is 2.37. The fourth-order valence-corrected chi connectivity index (χ4v) is 9.65. The number of aliphatic hydroxyl groups is 1. The fourth-order valence-electron chi connectivity index (χ4n) is 9.65. The van der Waals surface area contributed by atoms with E-state index < -0.39 is 145 Å². The Balaban J connectivity index is 1.66. The summed E-state index contributed by atoms with van der Waals surface area (Å²) >= 11 is 0. The third kappa shape index (κ3) is 28.9. The van der Waals surface area contributed by atoms with Crippen molar-refractivity contribution in [3.63, 3.8) is 0 Å². The average molecular weight is 1330 g/mol. The van der Waals surface area contributed by atoms with Crippen LogP contribution < -0.4 is 82.3 Å². The van der Waals surface area contributed by atoms with E-state index in [4.69, 9.17) is 34.4 Å². The lowest BCUT2D eigenvalue weighted by molar-refractivity contribution is -0.143. The summed E-state index contributed by atoms with van der Waals surface area (Å²) in [5.74, 6) is -11.3. The first-order valence-corrected chi connectivity index (χ1v) is 31.2. The van der Waals surface area contributed by atoms with Crippen molar-refractivity contribution in [1.82, 2.24) is 77.8 Å². The van der Waals surface area contributed by atoms with Crippen molar-refractivity contribution in [3.8, 4) is 0 Å². The van der Waals surface area contributed by atoms with Crippen molar-refractivity contribution in [2.24, 2.45) is 39.4 Å². The summed E-state index contributed by atoms with van der Waals surface area (Å²) in [5.41, 5.74) is 36.0. The molecule has 95 heavy (non-hydrogen) atoms. The lowest BCUT2D eigenvalue weighted by atomic mass is 10.0. The van der Waals surface area contributed by atoms with Crippen LogP contribution >= 0.6 is 0 Å². The van der Waals surface area contributed by atoms with E-state index >= 15 is 0 Å². The summed E-state index contributed by atoms with van der Waals surface area (Å²) < 4.78 is 0. The van der Waals surface area contributed by atoms with Gasteiger partial charge in [-0.25, -0.2) is 19.7 Å². The largest absolute Gasteiger partial charge is 0.481 e. The smallest absolute Gasteiger partial charge is 0.328 e. The first kappa shape index (κ1) is 77.5. The summed E-state index contributed by atoms with van der Waals surface area (Å²) in [6.45, 7) is -0.114. The second-order valence-electron chi connectivity index (χ2n) is 22.4. The number of rotatable bonds is 47. The lowest BCUT2D eigenvalue weighted by Gasteiger charge is -2.28. The first-order valence-electron chi connectivity index (χ1n) is 31.2. The SMILES string of the molecule is NCCCC[C@H](NC(=O)[C@H](CCC(=O)O)NC(=O)[C@H](Cc1cnc[nH]1)NC(=O)[C@H](Cc1ccccc1)NC(=O)[C@H](CCCCN)NC(=O)[C@H](CCCN=C(N)N)NC(=O)[C@@H](N)CCCCN)C(=O)N[C@@H](Cc1cnc[nH]1)C(=O)N[C@@H](Cc1cnc[nH]1)C(=O)N[C@@H](CO)C(=O)O. The monoisotopic (exact) mass is 1330 g/mol. The Morgan fingerprint density at radius 3 is 1.12 bits per heavy atom. The minimum absolute atomic E-state index is 0.0153. The topological polar surface area (TPSA) is 611 Å². The fraction of sp³-hybridized carbons (Fsp3) is 0.542. The second kappa shape index (κ2) is 42.3. The molecule has 3 heterocycles. The number of nitrogens with one attached hydrogen (secondary N) is 12. The molecule has 0 aliphatic carbocycles. The molecule has 522 valence electrons. The number of hydrogen-bond donors (Lipinski definition) is 21. The van der Waals surface area contributed by atoms with Crippen LogP contribution in [0.2, 0.25) is 0 Å². The maximum absolute atomic E-state index is 14.8. The summed E-state index contributed by atoms with van der Waals surface area (Å²) in [6.07, 6.45) is 8.53. The van der Waals surface area contributed by atoms with Crippen LogP contribution in [0.1, 0.15) is 106 Å². The molecule has 0 aliphatic rings. The van der Waals surface area contributed by atoms with Crippen LogP contribution in [-0.4, -0.2) is 209 Å². The van der Waals surface area contributed by atoms with Gasteiger partial charge in [0.2, 0.25) is 53.2 Å². The molecule has 0 fully saturated rings. The molecule has 1 aromatic carbocycles. The number of aromatic amines is 3. The van der Waals surface area contributed by atoms with E-state index in [0.717, 1.165) is 0 Å². The van der Waals surface area contributed by atoms with Crippen LogP contribution in [0.25, 0.3) is 0 Å². The molecule has 0 bridgehead atoms. The van der Waals surface area contributed by atoms with E-state index in [2.05, 4.69) is 82.7 Å². The van der Waals surface area contributed by atoms with Crippen molar-refractivity contribution in [2.75, 3.05) is 32.8 Å². The van der Waals surface area contributed by atoms with E-state index in [0.29, 0.717) is 61.3 Å². The minimum Gasteiger partial charge on any atom is -0.481 e. The number of carboxylic acids is 2. The minimum atomic E-state index is -1.75. The van der Waals surface area contributed by atoms with Gasteiger partial charge < -0.3 is 113 Å². The maximum atomic E-state index is 14.8. The van der Waals surface area contributed by atoms with E-state index in [1.807, 2.05) is 0 Å². The molecule has 0 aliphatic heterocycles. The Morgan fingerprint density at radius 2 is 0.768 bits per heavy atom. The number of nitrogens with zero attached hydrogens (tertiary/aromatic N) is 4. The number of hydrogen-bond acceptors (Lipinski definition) is 20.